The number of anilines is 6. The van der Waals surface area contributed by atoms with Crippen LogP contribution in [-0.4, -0.2) is 6.71 Å². The van der Waals surface area contributed by atoms with Gasteiger partial charge in [-0.15, -0.1) is 11.3 Å². The lowest BCUT2D eigenvalue weighted by molar-refractivity contribution is 0.332. The lowest BCUT2D eigenvalue weighted by Gasteiger charge is -2.45. The van der Waals surface area contributed by atoms with Gasteiger partial charge in [-0.25, -0.2) is 0 Å². The second-order valence-electron chi connectivity index (χ2n) is 21.6. The van der Waals surface area contributed by atoms with Crippen LogP contribution in [0, 0.1) is 6.92 Å². The molecule has 322 valence electrons. The molecular weight excluding hydrogens is 804 g/mol. The fourth-order valence-electron chi connectivity index (χ4n) is 11.7. The van der Waals surface area contributed by atoms with E-state index in [4.69, 9.17) is 13.7 Å². The van der Waals surface area contributed by atoms with E-state index >= 15 is 0 Å². The van der Waals surface area contributed by atoms with E-state index in [9.17, 15) is 0 Å². The Morgan fingerprint density at radius 2 is 1.06 bits per heavy atom. The SMILES string of the molecule is [2H]c1c([2H])c([2H])c(-c2cccc(N3c4cc(-c5c([2H])c([2H])c([2H])c([2H])c5[2H])ccc4B4c5sc6cc7c(cc6c5N(c5ccc6c(c5)C(C)(C)CCC6(C)C)c5cc(C)cc3c54)C(C)(C)CCC7(C)C)c2)c([2H])c1[2H]. The average molecular weight is 873 g/mol. The maximum atomic E-state index is 9.12. The molecule has 2 aliphatic heterocycles. The van der Waals surface area contributed by atoms with Gasteiger partial charge in [0.1, 0.15) is 0 Å². The van der Waals surface area contributed by atoms with Crippen LogP contribution in [0.25, 0.3) is 32.3 Å². The zero-order valence-corrected chi connectivity index (χ0v) is 39.6. The maximum Gasteiger partial charge on any atom is 0.264 e. The van der Waals surface area contributed by atoms with Gasteiger partial charge >= 0.3 is 0 Å². The summed E-state index contributed by atoms with van der Waals surface area (Å²) in [4.78, 5) is 4.68. The molecule has 1 aromatic heterocycles. The molecule has 0 N–H and O–H groups in total. The van der Waals surface area contributed by atoms with E-state index in [1.165, 1.54) is 37.1 Å². The minimum atomic E-state index is -0.462. The minimum Gasteiger partial charge on any atom is -0.311 e. The molecule has 8 aromatic rings. The molecule has 0 spiro atoms. The first-order valence-electron chi connectivity index (χ1n) is 28.1. The summed E-state index contributed by atoms with van der Waals surface area (Å²) in [5.41, 5.74) is 15.1. The number of thiophene rings is 1. The number of rotatable bonds is 4. The molecule has 0 unspecified atom stereocenters. The van der Waals surface area contributed by atoms with Gasteiger partial charge in [0.15, 0.2) is 0 Å². The van der Waals surface area contributed by atoms with Crippen LogP contribution in [0.4, 0.5) is 34.1 Å². The van der Waals surface area contributed by atoms with Crippen molar-refractivity contribution in [2.75, 3.05) is 9.80 Å². The van der Waals surface area contributed by atoms with Crippen molar-refractivity contribution in [1.82, 2.24) is 0 Å². The minimum absolute atomic E-state index is 0.0124. The molecule has 0 atom stereocenters. The van der Waals surface area contributed by atoms with Gasteiger partial charge in [0.2, 0.25) is 0 Å². The Hall–Kier alpha value is -5.84. The zero-order chi connectivity index (χ0) is 53.5. The van der Waals surface area contributed by atoms with E-state index in [0.29, 0.717) is 16.8 Å². The molecule has 7 aromatic carbocycles. The van der Waals surface area contributed by atoms with Crippen molar-refractivity contribution < 1.29 is 13.7 Å². The molecule has 2 aliphatic carbocycles. The smallest absolute Gasteiger partial charge is 0.264 e. The maximum absolute atomic E-state index is 9.12. The summed E-state index contributed by atoms with van der Waals surface area (Å²) in [5, 5.41) is 1.21. The highest BCUT2D eigenvalue weighted by atomic mass is 32.1. The summed E-state index contributed by atoms with van der Waals surface area (Å²) in [7, 11) is 0. The van der Waals surface area contributed by atoms with Gasteiger partial charge in [-0.05, 0) is 170 Å². The normalized spacial score (nSPS) is 20.2. The summed E-state index contributed by atoms with van der Waals surface area (Å²) in [5.74, 6) is 0. The van der Waals surface area contributed by atoms with Crippen LogP contribution >= 0.6 is 11.3 Å². The highest BCUT2D eigenvalue weighted by Gasteiger charge is 2.47. The average Bonchev–Trinajstić information content (AvgIpc) is 3.75. The van der Waals surface area contributed by atoms with Gasteiger partial charge in [0, 0.05) is 43.3 Å². The monoisotopic (exact) mass is 873 g/mol. The molecule has 0 bridgehead atoms. The molecule has 0 saturated carbocycles. The van der Waals surface area contributed by atoms with Crippen molar-refractivity contribution in [3.8, 4) is 22.3 Å². The van der Waals surface area contributed by atoms with E-state index in [0.717, 1.165) is 70.6 Å². The van der Waals surface area contributed by atoms with Crippen LogP contribution in [0.2, 0.25) is 0 Å². The topological polar surface area (TPSA) is 6.48 Å². The highest BCUT2D eigenvalue weighted by Crippen LogP contribution is 2.54. The van der Waals surface area contributed by atoms with Gasteiger partial charge in [-0.2, -0.15) is 0 Å². The number of benzene rings is 7. The Morgan fingerprint density at radius 1 is 0.508 bits per heavy atom. The first-order valence-corrected chi connectivity index (χ1v) is 24.0. The Morgan fingerprint density at radius 3 is 1.71 bits per heavy atom. The Balaban J connectivity index is 1.20. The van der Waals surface area contributed by atoms with Crippen LogP contribution in [0.5, 0.6) is 0 Å². The van der Waals surface area contributed by atoms with Crippen molar-refractivity contribution >= 4 is 78.0 Å². The molecule has 65 heavy (non-hydrogen) atoms. The predicted octanol–water partition coefficient (Wildman–Crippen LogP) is 15.3. The van der Waals surface area contributed by atoms with Gasteiger partial charge in [0.05, 0.1) is 19.4 Å². The number of fused-ring (bicyclic) bond motifs is 8. The van der Waals surface area contributed by atoms with Gasteiger partial charge in [-0.1, -0.05) is 146 Å². The van der Waals surface area contributed by atoms with Gasteiger partial charge < -0.3 is 9.80 Å². The van der Waals surface area contributed by atoms with Crippen LogP contribution in [0.15, 0.2) is 145 Å². The van der Waals surface area contributed by atoms with Crippen molar-refractivity contribution in [1.29, 1.82) is 0 Å². The molecule has 4 aliphatic rings. The summed E-state index contributed by atoms with van der Waals surface area (Å²) in [6, 6.07) is 26.2. The third-order valence-electron chi connectivity index (χ3n) is 15.6. The molecule has 0 amide bonds. The second-order valence-corrected chi connectivity index (χ2v) is 22.7. The van der Waals surface area contributed by atoms with Crippen LogP contribution < -0.4 is 25.5 Å². The molecule has 2 nitrogen and oxygen atoms in total. The summed E-state index contributed by atoms with van der Waals surface area (Å²) >= 11 is 1.84. The van der Waals surface area contributed by atoms with Crippen LogP contribution in [0.3, 0.4) is 0 Å². The fraction of sp³-hybridized carbons (Fsp3) is 0.279. The third kappa shape index (κ3) is 6.19. The zero-order valence-electron chi connectivity index (χ0n) is 48.8. The van der Waals surface area contributed by atoms with Crippen molar-refractivity contribution in [2.24, 2.45) is 0 Å². The highest BCUT2D eigenvalue weighted by molar-refractivity contribution is 7.33. The molecule has 4 heteroatoms. The molecule has 3 heterocycles. The summed E-state index contributed by atoms with van der Waals surface area (Å²) < 4.78 is 90.0. The number of aryl methyl sites for hydroxylation is 1. The van der Waals surface area contributed by atoms with Crippen molar-refractivity contribution in [2.45, 2.75) is 110 Å². The van der Waals surface area contributed by atoms with Crippen LogP contribution in [-0.2, 0) is 21.7 Å². The molecule has 0 fully saturated rings. The number of hydrogen-bond acceptors (Lipinski definition) is 3. The quantitative estimate of drug-likeness (QED) is 0.163. The number of hydrogen-bond donors (Lipinski definition) is 0. The Labute approximate surface area is 405 Å². The Kier molecular flexibility index (Phi) is 6.75. The van der Waals surface area contributed by atoms with Gasteiger partial charge in [0.25, 0.3) is 6.71 Å². The van der Waals surface area contributed by atoms with E-state index in [1.54, 1.807) is 6.07 Å². The second kappa shape index (κ2) is 14.1. The summed E-state index contributed by atoms with van der Waals surface area (Å²) in [6.07, 6.45) is 4.34. The molecular formula is C61H59BN2S. The molecule has 0 saturated heterocycles. The third-order valence-corrected chi connectivity index (χ3v) is 16.8. The van der Waals surface area contributed by atoms with E-state index in [1.807, 2.05) is 41.7 Å². The molecule has 0 radical (unpaired) electrons. The van der Waals surface area contributed by atoms with Crippen molar-refractivity contribution in [3.05, 3.63) is 173 Å². The lowest BCUT2D eigenvalue weighted by Crippen LogP contribution is -2.60. The predicted molar refractivity (Wildman–Crippen MR) is 282 cm³/mol. The van der Waals surface area contributed by atoms with E-state index < -0.39 is 36.3 Å². The van der Waals surface area contributed by atoms with Crippen molar-refractivity contribution in [3.63, 3.8) is 0 Å². The van der Waals surface area contributed by atoms with Gasteiger partial charge in [-0.3, -0.25) is 0 Å². The first kappa shape index (κ1) is 31.1. The van der Waals surface area contributed by atoms with E-state index in [2.05, 4.69) is 121 Å². The van der Waals surface area contributed by atoms with Crippen LogP contribution in [0.1, 0.15) is 123 Å². The first-order chi connectivity index (χ1) is 35.2. The standard InChI is InChI=1S/C61H59BN2S/c1-38-31-52-55-53(32-38)64(44-24-25-46-47(35-44)59(4,5)28-27-58(46,2)3)56-45-36-48-49(61(8,9)30-29-60(48,6)7)37-54(45)65-57(56)62(55)50-26-23-42(40-19-14-11-15-20-40)34-51(50)63(52)43-22-16-21-41(33-43)39-17-12-10-13-18-39/h10-26,31-37H,27-30H2,1-9H3/i10D,11D,12D,13D,14D,15D,17D,18D,19D,20D. The molecule has 12 rings (SSSR count). The Bertz CT molecular complexity index is 3800. The lowest BCUT2D eigenvalue weighted by atomic mass is 9.36. The largest absolute Gasteiger partial charge is 0.311 e. The van der Waals surface area contributed by atoms with E-state index in [-0.39, 0.29) is 63.7 Å². The fourth-order valence-corrected chi connectivity index (χ4v) is 13.0. The number of nitrogens with zero attached hydrogens (tertiary/aromatic N) is 2. The summed E-state index contributed by atoms with van der Waals surface area (Å²) in [6.45, 7) is 20.8.